The Balaban J connectivity index is 1.80. The first-order valence-corrected chi connectivity index (χ1v) is 7.43. The molecule has 0 unspecified atom stereocenters. The molecule has 4 nitrogen and oxygen atoms in total. The first kappa shape index (κ1) is 15.4. The normalized spacial score (nSPS) is 26.9. The van der Waals surface area contributed by atoms with E-state index in [-0.39, 0.29) is 18.4 Å². The van der Waals surface area contributed by atoms with Crippen molar-refractivity contribution >= 4 is 0 Å². The second-order valence-corrected chi connectivity index (χ2v) is 5.15. The SMILES string of the molecule is CCN(CC)[C@@H]1CO[C@@H](OCc2ccccc2)C[C@H]1O. The third-order valence-electron chi connectivity index (χ3n) is 3.89. The summed E-state index contributed by atoms with van der Waals surface area (Å²) in [5.74, 6) is 0. The Morgan fingerprint density at radius 1 is 1.25 bits per heavy atom. The van der Waals surface area contributed by atoms with Gasteiger partial charge in [0.05, 0.1) is 25.4 Å². The minimum Gasteiger partial charge on any atom is -0.391 e. The molecule has 0 radical (unpaired) electrons. The van der Waals surface area contributed by atoms with Gasteiger partial charge in [-0.2, -0.15) is 0 Å². The third kappa shape index (κ3) is 4.03. The van der Waals surface area contributed by atoms with Crippen molar-refractivity contribution in [2.75, 3.05) is 19.7 Å². The highest BCUT2D eigenvalue weighted by atomic mass is 16.7. The Hall–Kier alpha value is -0.940. The average Bonchev–Trinajstić information content (AvgIpc) is 2.49. The molecule has 1 aromatic rings. The van der Waals surface area contributed by atoms with Crippen LogP contribution < -0.4 is 0 Å². The van der Waals surface area contributed by atoms with E-state index < -0.39 is 0 Å². The van der Waals surface area contributed by atoms with E-state index >= 15 is 0 Å². The van der Waals surface area contributed by atoms with Crippen molar-refractivity contribution in [2.24, 2.45) is 0 Å². The van der Waals surface area contributed by atoms with Crippen LogP contribution in [0.5, 0.6) is 0 Å². The van der Waals surface area contributed by atoms with Crippen LogP contribution in [-0.4, -0.2) is 48.1 Å². The Kier molecular flexibility index (Phi) is 5.98. The zero-order valence-electron chi connectivity index (χ0n) is 12.4. The summed E-state index contributed by atoms with van der Waals surface area (Å²) < 4.78 is 11.5. The monoisotopic (exact) mass is 279 g/mol. The molecular weight excluding hydrogens is 254 g/mol. The van der Waals surface area contributed by atoms with Crippen LogP contribution in [0, 0.1) is 0 Å². The zero-order chi connectivity index (χ0) is 14.4. The largest absolute Gasteiger partial charge is 0.391 e. The second kappa shape index (κ2) is 7.74. The van der Waals surface area contributed by atoms with Crippen LogP contribution in [0.4, 0.5) is 0 Å². The smallest absolute Gasteiger partial charge is 0.160 e. The van der Waals surface area contributed by atoms with Gasteiger partial charge in [-0.1, -0.05) is 44.2 Å². The lowest BCUT2D eigenvalue weighted by atomic mass is 10.0. The van der Waals surface area contributed by atoms with Crippen LogP contribution in [0.1, 0.15) is 25.8 Å². The van der Waals surface area contributed by atoms with Crippen molar-refractivity contribution in [1.82, 2.24) is 4.90 Å². The average molecular weight is 279 g/mol. The van der Waals surface area contributed by atoms with E-state index in [1.807, 2.05) is 30.3 Å². The molecule has 4 heteroatoms. The fourth-order valence-electron chi connectivity index (χ4n) is 2.66. The molecule has 1 aromatic carbocycles. The Bertz CT molecular complexity index is 381. The number of hydrogen-bond acceptors (Lipinski definition) is 4. The number of benzene rings is 1. The van der Waals surface area contributed by atoms with Crippen LogP contribution in [0.2, 0.25) is 0 Å². The predicted molar refractivity (Wildman–Crippen MR) is 78.3 cm³/mol. The molecule has 20 heavy (non-hydrogen) atoms. The summed E-state index contributed by atoms with van der Waals surface area (Å²) in [4.78, 5) is 2.23. The summed E-state index contributed by atoms with van der Waals surface area (Å²) in [6, 6.07) is 10.1. The molecule has 2 rings (SSSR count). The van der Waals surface area contributed by atoms with Crippen molar-refractivity contribution in [2.45, 2.75) is 45.3 Å². The number of aliphatic hydroxyl groups is 1. The number of nitrogens with zero attached hydrogens (tertiary/aromatic N) is 1. The Labute approximate surface area is 121 Å². The van der Waals surface area contributed by atoms with Crippen LogP contribution in [0.25, 0.3) is 0 Å². The maximum absolute atomic E-state index is 10.3. The summed E-state index contributed by atoms with van der Waals surface area (Å²) in [6.45, 7) is 7.12. The lowest BCUT2D eigenvalue weighted by Crippen LogP contribution is -2.52. The molecule has 1 aliphatic heterocycles. The topological polar surface area (TPSA) is 41.9 Å². The van der Waals surface area contributed by atoms with E-state index in [0.717, 1.165) is 18.7 Å². The lowest BCUT2D eigenvalue weighted by Gasteiger charge is -2.39. The van der Waals surface area contributed by atoms with Gasteiger partial charge in [-0.05, 0) is 18.7 Å². The van der Waals surface area contributed by atoms with Gasteiger partial charge < -0.3 is 14.6 Å². The van der Waals surface area contributed by atoms with Gasteiger partial charge in [-0.3, -0.25) is 4.90 Å². The van der Waals surface area contributed by atoms with Gasteiger partial charge in [-0.25, -0.2) is 0 Å². The molecule has 1 heterocycles. The highest BCUT2D eigenvalue weighted by molar-refractivity contribution is 5.13. The van der Waals surface area contributed by atoms with Gasteiger partial charge in [0, 0.05) is 6.42 Å². The van der Waals surface area contributed by atoms with Gasteiger partial charge in [-0.15, -0.1) is 0 Å². The van der Waals surface area contributed by atoms with Crippen LogP contribution in [-0.2, 0) is 16.1 Å². The summed E-state index contributed by atoms with van der Waals surface area (Å²) in [6.07, 6.45) is -0.157. The van der Waals surface area contributed by atoms with Crippen molar-refractivity contribution in [3.8, 4) is 0 Å². The quantitative estimate of drug-likeness (QED) is 0.865. The fourth-order valence-corrected chi connectivity index (χ4v) is 2.66. The van der Waals surface area contributed by atoms with E-state index in [4.69, 9.17) is 9.47 Å². The van der Waals surface area contributed by atoms with E-state index in [1.54, 1.807) is 0 Å². The molecule has 0 aliphatic carbocycles. The molecule has 3 atom stereocenters. The summed E-state index contributed by atoms with van der Waals surface area (Å²) in [5, 5.41) is 10.3. The number of hydrogen-bond donors (Lipinski definition) is 1. The standard InChI is InChI=1S/C16H25NO3/c1-3-17(4-2)14-12-20-16(10-15(14)18)19-11-13-8-6-5-7-9-13/h5-9,14-16,18H,3-4,10-12H2,1-2H3/t14-,15-,16-/m1/s1. The molecule has 1 N–H and O–H groups in total. The van der Waals surface area contributed by atoms with Gasteiger partial charge in [0.2, 0.25) is 0 Å². The first-order chi connectivity index (χ1) is 9.74. The molecular formula is C16H25NO3. The van der Waals surface area contributed by atoms with Crippen molar-refractivity contribution in [1.29, 1.82) is 0 Å². The first-order valence-electron chi connectivity index (χ1n) is 7.43. The fraction of sp³-hybridized carbons (Fsp3) is 0.625. The Morgan fingerprint density at radius 3 is 2.55 bits per heavy atom. The molecule has 112 valence electrons. The highest BCUT2D eigenvalue weighted by Crippen LogP contribution is 2.20. The van der Waals surface area contributed by atoms with Gasteiger partial charge in [0.25, 0.3) is 0 Å². The molecule has 0 saturated carbocycles. The number of aliphatic hydroxyl groups excluding tert-OH is 1. The molecule has 0 bridgehead atoms. The van der Waals surface area contributed by atoms with Gasteiger partial charge in [0.15, 0.2) is 6.29 Å². The van der Waals surface area contributed by atoms with Crippen molar-refractivity contribution in [3.05, 3.63) is 35.9 Å². The van der Waals surface area contributed by atoms with E-state index in [2.05, 4.69) is 18.7 Å². The van der Waals surface area contributed by atoms with E-state index in [0.29, 0.717) is 19.6 Å². The molecule has 0 spiro atoms. The number of ether oxygens (including phenoxy) is 2. The van der Waals surface area contributed by atoms with Crippen LogP contribution in [0.3, 0.4) is 0 Å². The molecule has 1 fully saturated rings. The van der Waals surface area contributed by atoms with Crippen LogP contribution >= 0.6 is 0 Å². The minimum atomic E-state index is -0.385. The Morgan fingerprint density at radius 2 is 1.95 bits per heavy atom. The summed E-state index contributed by atoms with van der Waals surface area (Å²) in [7, 11) is 0. The van der Waals surface area contributed by atoms with Crippen molar-refractivity contribution < 1.29 is 14.6 Å². The molecule has 0 amide bonds. The van der Waals surface area contributed by atoms with E-state index in [1.165, 1.54) is 0 Å². The molecule has 1 saturated heterocycles. The minimum absolute atomic E-state index is 0.0848. The third-order valence-corrected chi connectivity index (χ3v) is 3.89. The second-order valence-electron chi connectivity index (χ2n) is 5.15. The van der Waals surface area contributed by atoms with Crippen LogP contribution in [0.15, 0.2) is 30.3 Å². The van der Waals surface area contributed by atoms with Crippen molar-refractivity contribution in [3.63, 3.8) is 0 Å². The zero-order valence-corrected chi connectivity index (χ0v) is 12.4. The molecule has 1 aliphatic rings. The lowest BCUT2D eigenvalue weighted by molar-refractivity contribution is -0.210. The number of likely N-dealkylation sites (N-methyl/N-ethyl adjacent to an activating group) is 1. The van der Waals surface area contributed by atoms with Gasteiger partial charge in [0.1, 0.15) is 0 Å². The van der Waals surface area contributed by atoms with Gasteiger partial charge >= 0.3 is 0 Å². The molecule has 0 aromatic heterocycles. The van der Waals surface area contributed by atoms with E-state index in [9.17, 15) is 5.11 Å². The number of rotatable bonds is 6. The maximum Gasteiger partial charge on any atom is 0.160 e. The summed E-state index contributed by atoms with van der Waals surface area (Å²) >= 11 is 0. The highest BCUT2D eigenvalue weighted by Gasteiger charge is 2.33. The predicted octanol–water partition coefficient (Wildman–Crippen LogP) is 2.02. The summed E-state index contributed by atoms with van der Waals surface area (Å²) in [5.41, 5.74) is 1.12. The maximum atomic E-state index is 10.3.